The van der Waals surface area contributed by atoms with Crippen molar-refractivity contribution in [2.75, 3.05) is 26.2 Å². The minimum atomic E-state index is 0.848. The van der Waals surface area contributed by atoms with E-state index in [0.717, 1.165) is 44.0 Å². The number of hydrogen-bond acceptors (Lipinski definition) is 4. The van der Waals surface area contributed by atoms with Gasteiger partial charge < -0.3 is 9.73 Å². The third kappa shape index (κ3) is 2.44. The Hall–Kier alpha value is -1.65. The van der Waals surface area contributed by atoms with Crippen molar-refractivity contribution < 1.29 is 4.42 Å². The third-order valence-electron chi connectivity index (χ3n) is 3.32. The van der Waals surface area contributed by atoms with E-state index < -0.39 is 0 Å². The summed E-state index contributed by atoms with van der Waals surface area (Å²) in [6.45, 7) is 5.32. The van der Waals surface area contributed by atoms with Crippen molar-refractivity contribution in [3.8, 4) is 11.3 Å². The molecule has 18 heavy (non-hydrogen) atoms. The molecule has 0 atom stereocenters. The van der Waals surface area contributed by atoms with E-state index in [-0.39, 0.29) is 0 Å². The summed E-state index contributed by atoms with van der Waals surface area (Å²) in [4.78, 5) is 6.46. The minimum Gasteiger partial charge on any atom is -0.444 e. The fraction of sp³-hybridized carbons (Fsp3) is 0.357. The van der Waals surface area contributed by atoms with Gasteiger partial charge in [-0.3, -0.25) is 4.90 Å². The average Bonchev–Trinajstić information content (AvgIpc) is 2.94. The molecule has 0 bridgehead atoms. The van der Waals surface area contributed by atoms with Crippen molar-refractivity contribution in [3.63, 3.8) is 0 Å². The van der Waals surface area contributed by atoms with Gasteiger partial charge in [-0.1, -0.05) is 24.3 Å². The summed E-state index contributed by atoms with van der Waals surface area (Å²) in [7, 11) is 0. The van der Waals surface area contributed by atoms with Gasteiger partial charge in [0.15, 0.2) is 12.2 Å². The van der Waals surface area contributed by atoms with Crippen molar-refractivity contribution >= 4 is 0 Å². The highest BCUT2D eigenvalue weighted by Gasteiger charge is 2.13. The first-order valence-electron chi connectivity index (χ1n) is 6.33. The Morgan fingerprint density at radius 1 is 1.22 bits per heavy atom. The van der Waals surface area contributed by atoms with Crippen molar-refractivity contribution in [1.82, 2.24) is 15.2 Å². The van der Waals surface area contributed by atoms with Crippen LogP contribution in [0.1, 0.15) is 5.56 Å². The molecule has 0 aliphatic carbocycles. The highest BCUT2D eigenvalue weighted by atomic mass is 16.3. The number of benzene rings is 1. The standard InChI is InChI=1S/C14H17N3O/c1-2-4-13(14-9-16-11-18-14)12(3-1)10-17-7-5-15-6-8-17/h1-4,9,11,15H,5-8,10H2. The zero-order valence-electron chi connectivity index (χ0n) is 10.3. The molecule has 4 nitrogen and oxygen atoms in total. The lowest BCUT2D eigenvalue weighted by Crippen LogP contribution is -2.42. The molecule has 2 aromatic rings. The van der Waals surface area contributed by atoms with E-state index in [1.165, 1.54) is 12.0 Å². The van der Waals surface area contributed by atoms with Gasteiger partial charge in [0.1, 0.15) is 0 Å². The second-order valence-electron chi connectivity index (χ2n) is 4.55. The molecule has 1 fully saturated rings. The van der Waals surface area contributed by atoms with Gasteiger partial charge in [0.05, 0.1) is 6.20 Å². The second kappa shape index (κ2) is 5.33. The van der Waals surface area contributed by atoms with E-state index in [1.807, 2.05) is 6.07 Å². The molecule has 1 aromatic heterocycles. The highest BCUT2D eigenvalue weighted by Crippen LogP contribution is 2.24. The fourth-order valence-electron chi connectivity index (χ4n) is 2.36. The number of hydrogen-bond donors (Lipinski definition) is 1. The van der Waals surface area contributed by atoms with Gasteiger partial charge in [0, 0.05) is 38.3 Å². The van der Waals surface area contributed by atoms with Gasteiger partial charge in [-0.2, -0.15) is 0 Å². The molecule has 4 heteroatoms. The van der Waals surface area contributed by atoms with Gasteiger partial charge in [-0.05, 0) is 5.56 Å². The van der Waals surface area contributed by atoms with E-state index in [4.69, 9.17) is 4.42 Å². The Morgan fingerprint density at radius 3 is 2.83 bits per heavy atom. The minimum absolute atomic E-state index is 0.848. The molecule has 2 heterocycles. The number of nitrogens with zero attached hydrogens (tertiary/aromatic N) is 2. The molecule has 1 N–H and O–H groups in total. The summed E-state index contributed by atoms with van der Waals surface area (Å²) >= 11 is 0. The summed E-state index contributed by atoms with van der Waals surface area (Å²) in [6.07, 6.45) is 3.26. The highest BCUT2D eigenvalue weighted by molar-refractivity contribution is 5.61. The topological polar surface area (TPSA) is 41.3 Å². The largest absolute Gasteiger partial charge is 0.444 e. The van der Waals surface area contributed by atoms with E-state index in [2.05, 4.69) is 33.4 Å². The molecule has 0 saturated carbocycles. The Bertz CT molecular complexity index is 490. The van der Waals surface area contributed by atoms with Gasteiger partial charge >= 0.3 is 0 Å². The normalized spacial score (nSPS) is 16.9. The second-order valence-corrected chi connectivity index (χ2v) is 4.55. The quantitative estimate of drug-likeness (QED) is 0.891. The molecule has 0 radical (unpaired) electrons. The van der Waals surface area contributed by atoms with Gasteiger partial charge in [0.25, 0.3) is 0 Å². The van der Waals surface area contributed by atoms with Crippen LogP contribution in [0.2, 0.25) is 0 Å². The molecule has 0 unspecified atom stereocenters. The van der Waals surface area contributed by atoms with E-state index in [9.17, 15) is 0 Å². The smallest absolute Gasteiger partial charge is 0.181 e. The molecule has 3 rings (SSSR count). The van der Waals surface area contributed by atoms with Crippen LogP contribution < -0.4 is 5.32 Å². The Balaban J connectivity index is 1.83. The zero-order chi connectivity index (χ0) is 12.2. The van der Waals surface area contributed by atoms with Crippen molar-refractivity contribution in [3.05, 3.63) is 42.4 Å². The van der Waals surface area contributed by atoms with Crippen LogP contribution in [0, 0.1) is 0 Å². The number of piperazine rings is 1. The molecule has 1 saturated heterocycles. The van der Waals surface area contributed by atoms with E-state index >= 15 is 0 Å². The SMILES string of the molecule is c1ccc(-c2cnco2)c(CN2CCNCC2)c1. The maximum atomic E-state index is 5.41. The predicted octanol–water partition coefficient (Wildman–Crippen LogP) is 1.75. The van der Waals surface area contributed by atoms with Crippen LogP contribution in [0.4, 0.5) is 0 Å². The number of oxazole rings is 1. The molecule has 94 valence electrons. The molecular weight excluding hydrogens is 226 g/mol. The van der Waals surface area contributed by atoms with Crippen LogP contribution in [-0.2, 0) is 6.54 Å². The first-order chi connectivity index (χ1) is 8.93. The fourth-order valence-corrected chi connectivity index (χ4v) is 2.36. The predicted molar refractivity (Wildman–Crippen MR) is 70.1 cm³/mol. The van der Waals surface area contributed by atoms with Crippen LogP contribution >= 0.6 is 0 Å². The lowest BCUT2D eigenvalue weighted by atomic mass is 10.1. The first kappa shape index (κ1) is 11.4. The van der Waals surface area contributed by atoms with Gasteiger partial charge in [-0.25, -0.2) is 4.98 Å². The third-order valence-corrected chi connectivity index (χ3v) is 3.32. The Kier molecular flexibility index (Phi) is 3.39. The molecule has 1 aliphatic heterocycles. The molecule has 0 amide bonds. The first-order valence-corrected chi connectivity index (χ1v) is 6.33. The Morgan fingerprint density at radius 2 is 2.06 bits per heavy atom. The molecule has 1 aliphatic rings. The summed E-state index contributed by atoms with van der Waals surface area (Å²) in [6, 6.07) is 8.38. The summed E-state index contributed by atoms with van der Waals surface area (Å²) in [5, 5.41) is 3.37. The molecule has 0 spiro atoms. The van der Waals surface area contributed by atoms with E-state index in [1.54, 1.807) is 6.20 Å². The summed E-state index contributed by atoms with van der Waals surface area (Å²) < 4.78 is 5.41. The summed E-state index contributed by atoms with van der Waals surface area (Å²) in [5.41, 5.74) is 2.45. The van der Waals surface area contributed by atoms with Gasteiger partial charge in [0.2, 0.25) is 0 Å². The lowest BCUT2D eigenvalue weighted by Gasteiger charge is -2.27. The van der Waals surface area contributed by atoms with Crippen molar-refractivity contribution in [2.45, 2.75) is 6.54 Å². The van der Waals surface area contributed by atoms with Crippen molar-refractivity contribution in [1.29, 1.82) is 0 Å². The van der Waals surface area contributed by atoms with Crippen LogP contribution in [0.5, 0.6) is 0 Å². The molecular formula is C14H17N3O. The van der Waals surface area contributed by atoms with Crippen LogP contribution in [0.3, 0.4) is 0 Å². The average molecular weight is 243 g/mol. The number of aromatic nitrogens is 1. The van der Waals surface area contributed by atoms with Gasteiger partial charge in [-0.15, -0.1) is 0 Å². The molecule has 1 aromatic carbocycles. The lowest BCUT2D eigenvalue weighted by molar-refractivity contribution is 0.233. The van der Waals surface area contributed by atoms with Crippen LogP contribution in [-0.4, -0.2) is 36.1 Å². The summed E-state index contributed by atoms with van der Waals surface area (Å²) in [5.74, 6) is 0.848. The maximum Gasteiger partial charge on any atom is 0.181 e. The monoisotopic (exact) mass is 243 g/mol. The Labute approximate surface area is 107 Å². The number of nitrogens with one attached hydrogen (secondary N) is 1. The van der Waals surface area contributed by atoms with E-state index in [0.29, 0.717) is 0 Å². The van der Waals surface area contributed by atoms with Crippen molar-refractivity contribution in [2.24, 2.45) is 0 Å². The maximum absolute atomic E-state index is 5.41. The zero-order valence-corrected chi connectivity index (χ0v) is 10.3. The number of rotatable bonds is 3. The van der Waals surface area contributed by atoms with Crippen LogP contribution in [0.15, 0.2) is 41.3 Å². The van der Waals surface area contributed by atoms with Crippen LogP contribution in [0.25, 0.3) is 11.3 Å².